The van der Waals surface area contributed by atoms with E-state index in [0.29, 0.717) is 28.4 Å². The maximum atomic E-state index is 14.1. The summed E-state index contributed by atoms with van der Waals surface area (Å²) < 4.78 is 42.2. The lowest BCUT2D eigenvalue weighted by molar-refractivity contribution is 0.0770. The van der Waals surface area contributed by atoms with Crippen molar-refractivity contribution in [3.8, 4) is 0 Å². The Morgan fingerprint density at radius 2 is 1.95 bits per heavy atom. The Hall–Kier alpha value is -3.66. The Labute approximate surface area is 231 Å². The van der Waals surface area contributed by atoms with Gasteiger partial charge < -0.3 is 5.73 Å². The number of nitrogens with two attached hydrogens (primary N) is 1. The van der Waals surface area contributed by atoms with Gasteiger partial charge >= 0.3 is 0 Å². The maximum absolute atomic E-state index is 14.1. The summed E-state index contributed by atoms with van der Waals surface area (Å²) in [5, 5.41) is 0.348. The van der Waals surface area contributed by atoms with Gasteiger partial charge in [-0.2, -0.15) is 4.31 Å². The number of piperidine rings is 1. The molecule has 1 aliphatic carbocycles. The molecule has 0 bridgehead atoms. The van der Waals surface area contributed by atoms with E-state index in [1.165, 1.54) is 41.0 Å². The van der Waals surface area contributed by atoms with Crippen molar-refractivity contribution in [2.45, 2.75) is 24.7 Å². The molecule has 1 aliphatic heterocycles. The van der Waals surface area contributed by atoms with E-state index in [1.54, 1.807) is 49.4 Å². The van der Waals surface area contributed by atoms with E-state index in [4.69, 9.17) is 17.3 Å². The molecule has 2 heterocycles. The van der Waals surface area contributed by atoms with Gasteiger partial charge in [0.05, 0.1) is 21.7 Å². The van der Waals surface area contributed by atoms with Crippen LogP contribution in [0.5, 0.6) is 0 Å². The van der Waals surface area contributed by atoms with E-state index in [-0.39, 0.29) is 41.7 Å². The molecule has 0 saturated carbocycles. The molecule has 2 N–H and O–H groups in total. The zero-order valence-corrected chi connectivity index (χ0v) is 22.7. The average Bonchev–Trinajstić information content (AvgIpc) is 2.95. The molecular formula is C29H26ClFN4O3S. The summed E-state index contributed by atoms with van der Waals surface area (Å²) >= 11 is 6.25. The van der Waals surface area contributed by atoms with Gasteiger partial charge in [-0.05, 0) is 91.7 Å². The Morgan fingerprint density at radius 3 is 2.62 bits per heavy atom. The van der Waals surface area contributed by atoms with Gasteiger partial charge in [0, 0.05) is 24.3 Å². The molecule has 5 rings (SSSR count). The van der Waals surface area contributed by atoms with Crippen LogP contribution in [0.15, 0.2) is 100 Å². The summed E-state index contributed by atoms with van der Waals surface area (Å²) in [6, 6.07) is 15.4. The van der Waals surface area contributed by atoms with Crippen molar-refractivity contribution in [1.82, 2.24) is 9.29 Å². The molecule has 200 valence electrons. The molecule has 1 fully saturated rings. The number of Topliss-reactive ketones (excluding diaryl/α,β-unsaturated/α-hetero) is 1. The van der Waals surface area contributed by atoms with Crippen LogP contribution >= 0.6 is 11.6 Å². The summed E-state index contributed by atoms with van der Waals surface area (Å²) in [5.74, 6) is -0.671. The summed E-state index contributed by atoms with van der Waals surface area (Å²) in [6.45, 7) is 1.87. The highest BCUT2D eigenvalue weighted by Crippen LogP contribution is 2.47. The summed E-state index contributed by atoms with van der Waals surface area (Å²) in [4.78, 5) is 23.1. The van der Waals surface area contributed by atoms with Crippen LogP contribution in [0.25, 0.3) is 0 Å². The second-order valence-electron chi connectivity index (χ2n) is 9.64. The number of allylic oxidation sites excluding steroid dienone is 2. The number of aryl methyl sites for hydroxylation is 1. The number of ketones is 1. The molecule has 0 radical (unpaired) electrons. The molecule has 1 saturated heterocycles. The smallest absolute Gasteiger partial charge is 0.243 e. The number of carbonyl (C=O) groups excluding carboxylic acids is 1. The van der Waals surface area contributed by atoms with Gasteiger partial charge in [0.1, 0.15) is 11.5 Å². The zero-order valence-electron chi connectivity index (χ0n) is 21.1. The highest BCUT2D eigenvalue weighted by molar-refractivity contribution is 7.89. The first-order chi connectivity index (χ1) is 18.6. The Kier molecular flexibility index (Phi) is 7.24. The number of hydrogen-bond acceptors (Lipinski definition) is 6. The number of fused-ring (bicyclic) bond motifs is 1. The normalized spacial score (nSPS) is 22.0. The van der Waals surface area contributed by atoms with Crippen LogP contribution in [0.1, 0.15) is 28.9 Å². The van der Waals surface area contributed by atoms with Crippen LogP contribution in [0.3, 0.4) is 0 Å². The van der Waals surface area contributed by atoms with Gasteiger partial charge in [0.15, 0.2) is 5.78 Å². The fourth-order valence-electron chi connectivity index (χ4n) is 5.05. The summed E-state index contributed by atoms with van der Waals surface area (Å²) in [5.41, 5.74) is 8.19. The average molecular weight is 565 g/mol. The highest BCUT2D eigenvalue weighted by atomic mass is 35.5. The Bertz CT molecular complexity index is 1640. The molecule has 2 aliphatic rings. The number of carbonyl (C=O) groups is 1. The number of benzene rings is 2. The third-order valence-corrected chi connectivity index (χ3v) is 9.46. The quantitative estimate of drug-likeness (QED) is 0.418. The third-order valence-electron chi connectivity index (χ3n) is 7.21. The minimum atomic E-state index is -3.96. The van der Waals surface area contributed by atoms with Gasteiger partial charge in [-0.3, -0.25) is 9.78 Å². The van der Waals surface area contributed by atoms with Crippen molar-refractivity contribution in [3.63, 3.8) is 0 Å². The van der Waals surface area contributed by atoms with E-state index in [2.05, 4.69) is 9.98 Å². The molecule has 2 aromatic carbocycles. The number of halogens is 2. The topological polar surface area (TPSA) is 106 Å². The second-order valence-corrected chi connectivity index (χ2v) is 12.0. The van der Waals surface area contributed by atoms with Crippen LogP contribution < -0.4 is 5.73 Å². The number of rotatable bonds is 5. The Balaban J connectivity index is 1.61. The molecule has 39 heavy (non-hydrogen) atoms. The number of hydrogen-bond donors (Lipinski definition) is 1. The van der Waals surface area contributed by atoms with Gasteiger partial charge in [-0.1, -0.05) is 29.3 Å². The lowest BCUT2D eigenvalue weighted by Gasteiger charge is -2.45. The lowest BCUT2D eigenvalue weighted by Crippen LogP contribution is -2.53. The summed E-state index contributed by atoms with van der Waals surface area (Å²) in [7, 11) is -3.96. The molecule has 3 aromatic rings. The van der Waals surface area contributed by atoms with E-state index in [9.17, 15) is 17.6 Å². The fraction of sp³-hybridized carbons (Fsp3) is 0.207. The standard InChI is InChI=1S/C29H26ClFN4O3S/c1-19-5-10-24(15-25(19)30)39(37,38)35-13-11-21-14-27(34-23-8-6-22(31)7-9-23)20(17-32)16-29(21,18-35)28(36)26-4-2-3-12-33-26/h2-10,12,14-15,17H,11,13,16,18,32H2,1H3/b20-17-,34-27?/t29-/m0/s1. The van der Waals surface area contributed by atoms with Crippen molar-refractivity contribution >= 4 is 38.8 Å². The number of pyridine rings is 1. The van der Waals surface area contributed by atoms with Gasteiger partial charge in [0.2, 0.25) is 10.0 Å². The fourth-order valence-corrected chi connectivity index (χ4v) is 6.82. The molecule has 10 heteroatoms. The van der Waals surface area contributed by atoms with E-state index in [0.717, 1.165) is 11.1 Å². The number of aromatic nitrogens is 1. The molecule has 1 aromatic heterocycles. The lowest BCUT2D eigenvalue weighted by atomic mass is 9.64. The van der Waals surface area contributed by atoms with Gasteiger partial charge in [0.25, 0.3) is 0 Å². The number of nitrogens with zero attached hydrogens (tertiary/aromatic N) is 3. The first-order valence-electron chi connectivity index (χ1n) is 12.3. The number of sulfonamides is 1. The second kappa shape index (κ2) is 10.5. The predicted octanol–water partition coefficient (Wildman–Crippen LogP) is 5.39. The zero-order chi connectivity index (χ0) is 27.8. The third kappa shape index (κ3) is 5.05. The van der Waals surface area contributed by atoms with Crippen LogP contribution in [-0.4, -0.2) is 42.3 Å². The van der Waals surface area contributed by atoms with Crippen LogP contribution in [0, 0.1) is 18.2 Å². The van der Waals surface area contributed by atoms with E-state index < -0.39 is 15.4 Å². The highest BCUT2D eigenvalue weighted by Gasteiger charge is 2.51. The van der Waals surface area contributed by atoms with Crippen molar-refractivity contribution < 1.29 is 17.6 Å². The minimum Gasteiger partial charge on any atom is -0.404 e. The first kappa shape index (κ1) is 26.9. The van der Waals surface area contributed by atoms with E-state index >= 15 is 0 Å². The van der Waals surface area contributed by atoms with Crippen molar-refractivity contribution in [2.24, 2.45) is 16.1 Å². The minimum absolute atomic E-state index is 0.0647. The predicted molar refractivity (Wildman–Crippen MR) is 149 cm³/mol. The largest absolute Gasteiger partial charge is 0.404 e. The van der Waals surface area contributed by atoms with Crippen molar-refractivity contribution in [3.05, 3.63) is 112 Å². The molecule has 1 atom stereocenters. The van der Waals surface area contributed by atoms with Gasteiger partial charge in [-0.25, -0.2) is 17.8 Å². The first-order valence-corrected chi connectivity index (χ1v) is 14.1. The van der Waals surface area contributed by atoms with Crippen molar-refractivity contribution in [1.29, 1.82) is 0 Å². The molecule has 7 nitrogen and oxygen atoms in total. The molecular weight excluding hydrogens is 539 g/mol. The Morgan fingerprint density at radius 1 is 1.18 bits per heavy atom. The van der Waals surface area contributed by atoms with Crippen LogP contribution in [-0.2, 0) is 10.0 Å². The molecule has 0 spiro atoms. The van der Waals surface area contributed by atoms with Crippen LogP contribution in [0.4, 0.5) is 10.1 Å². The van der Waals surface area contributed by atoms with Gasteiger partial charge in [-0.15, -0.1) is 0 Å². The SMILES string of the molecule is Cc1ccc(S(=O)(=O)N2CCC3=CC(=Nc4ccc(F)cc4)/C(=C\N)C[C@]3(C(=O)c3ccccn3)C2)cc1Cl. The van der Waals surface area contributed by atoms with E-state index in [1.807, 2.05) is 0 Å². The van der Waals surface area contributed by atoms with Crippen molar-refractivity contribution in [2.75, 3.05) is 13.1 Å². The maximum Gasteiger partial charge on any atom is 0.243 e. The molecule has 0 unspecified atom stereocenters. The molecule has 0 amide bonds. The number of aliphatic imine (C=N–C) groups is 1. The monoisotopic (exact) mass is 564 g/mol. The summed E-state index contributed by atoms with van der Waals surface area (Å²) in [6.07, 6.45) is 5.15. The van der Waals surface area contributed by atoms with Crippen LogP contribution in [0.2, 0.25) is 5.02 Å².